The number of hydrogen-bond donors (Lipinski definition) is 4. The molecule has 1 saturated heterocycles. The zero-order chi connectivity index (χ0) is 22.9. The first-order valence-electron chi connectivity index (χ1n) is 9.87. The Morgan fingerprint density at radius 2 is 1.97 bits per heavy atom. The van der Waals surface area contributed by atoms with Crippen LogP contribution >= 0.6 is 23.1 Å². The Bertz CT molecular complexity index is 950. The molecule has 2 heterocycles. The topological polar surface area (TPSA) is 126 Å². The van der Waals surface area contributed by atoms with Gasteiger partial charge in [0.2, 0.25) is 17.7 Å². The van der Waals surface area contributed by atoms with Crippen LogP contribution in [0.3, 0.4) is 0 Å². The molecule has 1 fully saturated rings. The van der Waals surface area contributed by atoms with Crippen molar-refractivity contribution in [2.45, 2.75) is 30.9 Å². The third kappa shape index (κ3) is 7.36. The molecule has 1 aromatic carbocycles. The van der Waals surface area contributed by atoms with Gasteiger partial charge in [0.15, 0.2) is 0 Å². The molecule has 0 spiro atoms. The van der Waals surface area contributed by atoms with Crippen LogP contribution in [0.2, 0.25) is 0 Å². The minimum Gasteiger partial charge on any atom is -0.465 e. The Morgan fingerprint density at radius 3 is 2.66 bits per heavy atom. The summed E-state index contributed by atoms with van der Waals surface area (Å²) in [5.74, 6) is -0.924. The van der Waals surface area contributed by atoms with Gasteiger partial charge in [-0.15, -0.1) is 23.1 Å². The van der Waals surface area contributed by atoms with E-state index < -0.39 is 11.5 Å². The molecule has 3 amide bonds. The van der Waals surface area contributed by atoms with Gasteiger partial charge in [-0.25, -0.2) is 4.79 Å². The molecular weight excluding hydrogens is 452 g/mol. The van der Waals surface area contributed by atoms with Gasteiger partial charge in [0, 0.05) is 29.4 Å². The average molecular weight is 477 g/mol. The maximum Gasteiger partial charge on any atom is 0.337 e. The number of carbonyl (C=O) groups is 4. The second-order valence-electron chi connectivity index (χ2n) is 7.00. The molecule has 4 N–H and O–H groups in total. The predicted molar refractivity (Wildman–Crippen MR) is 123 cm³/mol. The molecule has 0 radical (unpaired) electrons. The van der Waals surface area contributed by atoms with Gasteiger partial charge in [-0.2, -0.15) is 0 Å². The molecule has 0 saturated carbocycles. The first kappa shape index (κ1) is 23.8. The number of nitrogens with one attached hydrogen (secondary N) is 4. The highest BCUT2D eigenvalue weighted by molar-refractivity contribution is 8.00. The van der Waals surface area contributed by atoms with Gasteiger partial charge >= 0.3 is 5.97 Å². The van der Waals surface area contributed by atoms with Gasteiger partial charge in [0.1, 0.15) is 5.50 Å². The predicted octanol–water partition coefficient (Wildman–Crippen LogP) is 1.67. The molecule has 32 heavy (non-hydrogen) atoms. The maximum absolute atomic E-state index is 12.2. The van der Waals surface area contributed by atoms with Crippen molar-refractivity contribution in [1.29, 1.82) is 0 Å². The number of benzene rings is 1. The molecule has 1 aromatic heterocycles. The van der Waals surface area contributed by atoms with Crippen LogP contribution in [0.25, 0.3) is 0 Å². The maximum atomic E-state index is 12.2. The molecule has 2 atom stereocenters. The standard InChI is InChI=1S/C21H24N4O5S2/c1-30-20(29)13-4-6-14(7-5-13)23-19(28)12-32-21-24-15(10-18(27)25-21)9-17(26)22-11-16-3-2-8-31-16/h2-8,15,21,24H,9-12H2,1H3,(H,22,26)(H,23,28)(H,25,27). The van der Waals surface area contributed by atoms with Crippen molar-refractivity contribution in [1.82, 2.24) is 16.0 Å². The van der Waals surface area contributed by atoms with Gasteiger partial charge in [0.05, 0.1) is 25.0 Å². The van der Waals surface area contributed by atoms with Crippen molar-refractivity contribution in [2.75, 3.05) is 18.2 Å². The summed E-state index contributed by atoms with van der Waals surface area (Å²) >= 11 is 2.79. The van der Waals surface area contributed by atoms with E-state index in [9.17, 15) is 19.2 Å². The van der Waals surface area contributed by atoms with Crippen LogP contribution in [-0.4, -0.2) is 48.1 Å². The summed E-state index contributed by atoms with van der Waals surface area (Å²) in [6, 6.07) is 9.91. The first-order valence-corrected chi connectivity index (χ1v) is 11.8. The number of carbonyl (C=O) groups excluding carboxylic acids is 4. The fourth-order valence-electron chi connectivity index (χ4n) is 3.02. The van der Waals surface area contributed by atoms with Crippen LogP contribution in [0.1, 0.15) is 28.1 Å². The Morgan fingerprint density at radius 1 is 1.19 bits per heavy atom. The number of rotatable bonds is 9. The van der Waals surface area contributed by atoms with Crippen LogP contribution in [0.15, 0.2) is 41.8 Å². The van der Waals surface area contributed by atoms with Gasteiger partial charge < -0.3 is 20.7 Å². The molecular formula is C21H24N4O5S2. The van der Waals surface area contributed by atoms with E-state index in [1.54, 1.807) is 35.6 Å². The zero-order valence-electron chi connectivity index (χ0n) is 17.4. The van der Waals surface area contributed by atoms with Crippen molar-refractivity contribution in [3.05, 3.63) is 52.2 Å². The van der Waals surface area contributed by atoms with E-state index >= 15 is 0 Å². The quantitative estimate of drug-likeness (QED) is 0.406. The molecule has 1 aliphatic heterocycles. The van der Waals surface area contributed by atoms with E-state index in [-0.39, 0.29) is 42.4 Å². The molecule has 2 unspecified atom stereocenters. The van der Waals surface area contributed by atoms with E-state index in [1.807, 2.05) is 17.5 Å². The van der Waals surface area contributed by atoms with Crippen LogP contribution < -0.4 is 21.3 Å². The summed E-state index contributed by atoms with van der Waals surface area (Å²) < 4.78 is 4.64. The second kappa shape index (κ2) is 11.7. The Labute approximate surface area is 193 Å². The van der Waals surface area contributed by atoms with E-state index in [0.717, 1.165) is 4.88 Å². The molecule has 3 rings (SSSR count). The largest absolute Gasteiger partial charge is 0.465 e. The van der Waals surface area contributed by atoms with E-state index in [2.05, 4.69) is 26.0 Å². The molecule has 2 aromatic rings. The van der Waals surface area contributed by atoms with Gasteiger partial charge in [-0.05, 0) is 35.7 Å². The lowest BCUT2D eigenvalue weighted by Gasteiger charge is -2.30. The summed E-state index contributed by atoms with van der Waals surface area (Å²) in [5, 5.41) is 13.5. The highest BCUT2D eigenvalue weighted by Crippen LogP contribution is 2.16. The van der Waals surface area contributed by atoms with Crippen molar-refractivity contribution in [3.63, 3.8) is 0 Å². The molecule has 1 aliphatic rings. The highest BCUT2D eigenvalue weighted by atomic mass is 32.2. The summed E-state index contributed by atoms with van der Waals surface area (Å²) in [6.45, 7) is 0.467. The minimum absolute atomic E-state index is 0.0913. The normalized spacial score (nSPS) is 17.8. The average Bonchev–Trinajstić information content (AvgIpc) is 3.30. The zero-order valence-corrected chi connectivity index (χ0v) is 19.0. The van der Waals surface area contributed by atoms with Gasteiger partial charge in [0.25, 0.3) is 0 Å². The third-order valence-corrected chi connectivity index (χ3v) is 6.45. The lowest BCUT2D eigenvalue weighted by Crippen LogP contribution is -2.56. The lowest BCUT2D eigenvalue weighted by atomic mass is 10.1. The van der Waals surface area contributed by atoms with E-state index in [4.69, 9.17) is 0 Å². The van der Waals surface area contributed by atoms with Crippen molar-refractivity contribution >= 4 is 52.5 Å². The van der Waals surface area contributed by atoms with Crippen molar-refractivity contribution in [2.24, 2.45) is 0 Å². The van der Waals surface area contributed by atoms with Crippen LogP contribution in [-0.2, 0) is 25.7 Å². The smallest absolute Gasteiger partial charge is 0.337 e. The molecule has 9 nitrogen and oxygen atoms in total. The highest BCUT2D eigenvalue weighted by Gasteiger charge is 2.28. The summed E-state index contributed by atoms with van der Waals surface area (Å²) in [5.41, 5.74) is 0.461. The monoisotopic (exact) mass is 476 g/mol. The van der Waals surface area contributed by atoms with Gasteiger partial charge in [-0.1, -0.05) is 6.07 Å². The Balaban J connectivity index is 1.41. The Kier molecular flexibility index (Phi) is 8.65. The third-order valence-electron chi connectivity index (χ3n) is 4.55. The van der Waals surface area contributed by atoms with Crippen molar-refractivity contribution in [3.8, 4) is 0 Å². The Hall–Kier alpha value is -2.89. The number of esters is 1. The molecule has 0 bridgehead atoms. The number of thioether (sulfide) groups is 1. The second-order valence-corrected chi connectivity index (χ2v) is 9.13. The SMILES string of the molecule is COC(=O)c1ccc(NC(=O)CSC2NC(=O)CC(CC(=O)NCc3cccs3)N2)cc1. The van der Waals surface area contributed by atoms with Crippen molar-refractivity contribution < 1.29 is 23.9 Å². The van der Waals surface area contributed by atoms with E-state index in [0.29, 0.717) is 17.8 Å². The van der Waals surface area contributed by atoms with Gasteiger partial charge in [-0.3, -0.25) is 19.7 Å². The van der Waals surface area contributed by atoms with E-state index in [1.165, 1.54) is 18.9 Å². The molecule has 0 aliphatic carbocycles. The fraction of sp³-hybridized carbons (Fsp3) is 0.333. The molecule has 11 heteroatoms. The van der Waals surface area contributed by atoms with Crippen LogP contribution in [0, 0.1) is 0 Å². The van der Waals surface area contributed by atoms with Crippen LogP contribution in [0.5, 0.6) is 0 Å². The number of anilines is 1. The molecule has 170 valence electrons. The summed E-state index contributed by atoms with van der Waals surface area (Å²) in [6.07, 6.45) is 0.372. The number of thiophene rings is 1. The number of amides is 3. The fourth-order valence-corrected chi connectivity index (χ4v) is 4.56. The number of ether oxygens (including phenoxy) is 1. The number of methoxy groups -OCH3 is 1. The first-order chi connectivity index (χ1) is 15.4. The summed E-state index contributed by atoms with van der Waals surface area (Å²) in [4.78, 5) is 49.0. The summed E-state index contributed by atoms with van der Waals surface area (Å²) in [7, 11) is 1.30. The minimum atomic E-state index is -0.473. The lowest BCUT2D eigenvalue weighted by molar-refractivity contribution is -0.125. The number of hydrogen-bond acceptors (Lipinski definition) is 8. The van der Waals surface area contributed by atoms with Crippen LogP contribution in [0.4, 0.5) is 5.69 Å².